The second-order valence-electron chi connectivity index (χ2n) is 4.32. The van der Waals surface area contributed by atoms with E-state index in [0.717, 1.165) is 10.0 Å². The summed E-state index contributed by atoms with van der Waals surface area (Å²) in [6, 6.07) is 10.6. The number of nitrogens with one attached hydrogen (secondary N) is 1. The van der Waals surface area contributed by atoms with Gasteiger partial charge in [-0.15, -0.1) is 0 Å². The first-order valence-electron chi connectivity index (χ1n) is 5.91. The van der Waals surface area contributed by atoms with E-state index < -0.39 is 0 Å². The van der Waals surface area contributed by atoms with Gasteiger partial charge in [-0.3, -0.25) is 4.79 Å². The normalized spacial score (nSPS) is 10.2. The van der Waals surface area contributed by atoms with Gasteiger partial charge in [0.1, 0.15) is 5.75 Å². The molecule has 0 saturated carbocycles. The van der Waals surface area contributed by atoms with Crippen LogP contribution < -0.4 is 10.1 Å². The standard InChI is InChI=1S/C15H13BrClNO2/c1-9-5-10(7-11(17)6-9)15(19)18-14-8-12(20-2)3-4-13(14)16/h3-8H,1-2H3,(H,18,19). The average molecular weight is 355 g/mol. The molecule has 1 N–H and O–H groups in total. The van der Waals surface area contributed by atoms with Crippen molar-refractivity contribution in [3.05, 3.63) is 57.0 Å². The van der Waals surface area contributed by atoms with Crippen molar-refractivity contribution in [2.24, 2.45) is 0 Å². The van der Waals surface area contributed by atoms with Gasteiger partial charge in [-0.1, -0.05) is 11.6 Å². The number of hydrogen-bond donors (Lipinski definition) is 1. The first kappa shape index (κ1) is 14.9. The molecule has 0 bridgehead atoms. The fourth-order valence-corrected chi connectivity index (χ4v) is 2.42. The number of halogens is 2. The van der Waals surface area contributed by atoms with E-state index >= 15 is 0 Å². The van der Waals surface area contributed by atoms with Gasteiger partial charge in [-0.25, -0.2) is 0 Å². The van der Waals surface area contributed by atoms with Crippen molar-refractivity contribution in [3.63, 3.8) is 0 Å². The fraction of sp³-hybridized carbons (Fsp3) is 0.133. The molecule has 104 valence electrons. The van der Waals surface area contributed by atoms with Crippen LogP contribution in [0.5, 0.6) is 5.75 Å². The van der Waals surface area contributed by atoms with Crippen LogP contribution in [0.4, 0.5) is 5.69 Å². The third-order valence-corrected chi connectivity index (χ3v) is 3.64. The summed E-state index contributed by atoms with van der Waals surface area (Å²) >= 11 is 9.36. The van der Waals surface area contributed by atoms with Crippen LogP contribution in [-0.4, -0.2) is 13.0 Å². The predicted molar refractivity (Wildman–Crippen MR) is 84.8 cm³/mol. The van der Waals surface area contributed by atoms with E-state index in [-0.39, 0.29) is 5.91 Å². The molecule has 0 aliphatic heterocycles. The zero-order chi connectivity index (χ0) is 14.7. The van der Waals surface area contributed by atoms with Crippen LogP contribution in [0.1, 0.15) is 15.9 Å². The van der Waals surface area contributed by atoms with Gasteiger partial charge in [0.2, 0.25) is 0 Å². The molecule has 0 unspecified atom stereocenters. The molecule has 0 aliphatic carbocycles. The van der Waals surface area contributed by atoms with Gasteiger partial charge < -0.3 is 10.1 Å². The van der Waals surface area contributed by atoms with Crippen molar-refractivity contribution in [1.29, 1.82) is 0 Å². The van der Waals surface area contributed by atoms with Crippen LogP contribution in [0, 0.1) is 6.92 Å². The zero-order valence-corrected chi connectivity index (χ0v) is 13.4. The summed E-state index contributed by atoms with van der Waals surface area (Å²) in [6.45, 7) is 1.89. The van der Waals surface area contributed by atoms with Crippen LogP contribution in [0.15, 0.2) is 40.9 Å². The number of aryl methyl sites for hydroxylation is 1. The third-order valence-electron chi connectivity index (χ3n) is 2.73. The second-order valence-corrected chi connectivity index (χ2v) is 5.61. The first-order chi connectivity index (χ1) is 9.49. The molecular formula is C15H13BrClNO2. The lowest BCUT2D eigenvalue weighted by molar-refractivity contribution is 0.102. The Morgan fingerprint density at radius 3 is 2.65 bits per heavy atom. The summed E-state index contributed by atoms with van der Waals surface area (Å²) in [7, 11) is 1.58. The Hall–Kier alpha value is -1.52. The van der Waals surface area contributed by atoms with Gasteiger partial charge in [0.25, 0.3) is 5.91 Å². The second kappa shape index (κ2) is 6.29. The Morgan fingerprint density at radius 2 is 2.00 bits per heavy atom. The van der Waals surface area contributed by atoms with Gasteiger partial charge in [-0.05, 0) is 58.7 Å². The molecule has 0 aromatic heterocycles. The Kier molecular flexibility index (Phi) is 4.68. The molecule has 0 aliphatic rings. The van der Waals surface area contributed by atoms with Crippen LogP contribution in [-0.2, 0) is 0 Å². The van der Waals surface area contributed by atoms with Gasteiger partial charge in [0, 0.05) is 21.1 Å². The van der Waals surface area contributed by atoms with Gasteiger partial charge in [0.15, 0.2) is 0 Å². The average Bonchev–Trinajstić information content (AvgIpc) is 2.40. The molecule has 0 saturated heterocycles. The molecule has 0 radical (unpaired) electrons. The number of benzene rings is 2. The number of anilines is 1. The Morgan fingerprint density at radius 1 is 1.25 bits per heavy atom. The molecule has 0 spiro atoms. The molecule has 0 heterocycles. The van der Waals surface area contributed by atoms with Crippen molar-refractivity contribution in [2.75, 3.05) is 12.4 Å². The summed E-state index contributed by atoms with van der Waals surface area (Å²) in [6.07, 6.45) is 0. The van der Waals surface area contributed by atoms with Crippen molar-refractivity contribution in [3.8, 4) is 5.75 Å². The number of methoxy groups -OCH3 is 1. The zero-order valence-electron chi connectivity index (χ0n) is 11.0. The quantitative estimate of drug-likeness (QED) is 0.869. The predicted octanol–water partition coefficient (Wildman–Crippen LogP) is 4.67. The van der Waals surface area contributed by atoms with E-state index in [4.69, 9.17) is 16.3 Å². The minimum absolute atomic E-state index is 0.218. The fourth-order valence-electron chi connectivity index (χ4n) is 1.79. The van der Waals surface area contributed by atoms with Crippen LogP contribution in [0.25, 0.3) is 0 Å². The van der Waals surface area contributed by atoms with Crippen LogP contribution in [0.3, 0.4) is 0 Å². The lowest BCUT2D eigenvalue weighted by Crippen LogP contribution is -2.12. The minimum Gasteiger partial charge on any atom is -0.497 e. The minimum atomic E-state index is -0.218. The molecule has 0 fully saturated rings. The lowest BCUT2D eigenvalue weighted by atomic mass is 10.1. The molecule has 2 rings (SSSR count). The van der Waals surface area contributed by atoms with Gasteiger partial charge in [-0.2, -0.15) is 0 Å². The summed E-state index contributed by atoms with van der Waals surface area (Å²) in [5, 5.41) is 3.37. The molecular weight excluding hydrogens is 342 g/mol. The third kappa shape index (κ3) is 3.52. The summed E-state index contributed by atoms with van der Waals surface area (Å²) < 4.78 is 5.92. The van der Waals surface area contributed by atoms with Gasteiger partial charge >= 0.3 is 0 Å². The molecule has 2 aromatic carbocycles. The van der Waals surface area contributed by atoms with E-state index in [1.54, 1.807) is 31.4 Å². The van der Waals surface area contributed by atoms with Crippen molar-refractivity contribution in [2.45, 2.75) is 6.92 Å². The molecule has 2 aromatic rings. The van der Waals surface area contributed by atoms with Gasteiger partial charge in [0.05, 0.1) is 12.8 Å². The highest BCUT2D eigenvalue weighted by molar-refractivity contribution is 9.10. The Balaban J connectivity index is 2.27. The highest BCUT2D eigenvalue weighted by atomic mass is 79.9. The summed E-state index contributed by atoms with van der Waals surface area (Å²) in [4.78, 5) is 12.2. The lowest BCUT2D eigenvalue weighted by Gasteiger charge is -2.10. The van der Waals surface area contributed by atoms with Crippen LogP contribution in [0.2, 0.25) is 5.02 Å². The van der Waals surface area contributed by atoms with E-state index in [2.05, 4.69) is 21.2 Å². The molecule has 5 heteroatoms. The van der Waals surface area contributed by atoms with E-state index in [9.17, 15) is 4.79 Å². The number of hydrogen-bond acceptors (Lipinski definition) is 2. The molecule has 0 atom stereocenters. The maximum absolute atomic E-state index is 12.2. The highest BCUT2D eigenvalue weighted by Crippen LogP contribution is 2.27. The van der Waals surface area contributed by atoms with Crippen molar-refractivity contribution in [1.82, 2.24) is 0 Å². The van der Waals surface area contributed by atoms with E-state index in [1.165, 1.54) is 0 Å². The number of amides is 1. The topological polar surface area (TPSA) is 38.3 Å². The number of rotatable bonds is 3. The molecule has 3 nitrogen and oxygen atoms in total. The van der Waals surface area contributed by atoms with Crippen LogP contribution >= 0.6 is 27.5 Å². The number of ether oxygens (including phenoxy) is 1. The summed E-state index contributed by atoms with van der Waals surface area (Å²) in [5.41, 5.74) is 2.10. The largest absolute Gasteiger partial charge is 0.497 e. The highest BCUT2D eigenvalue weighted by Gasteiger charge is 2.10. The first-order valence-corrected chi connectivity index (χ1v) is 7.09. The maximum atomic E-state index is 12.2. The van der Waals surface area contributed by atoms with E-state index in [0.29, 0.717) is 22.0 Å². The van der Waals surface area contributed by atoms with Crippen molar-refractivity contribution >= 4 is 39.1 Å². The Labute approximate surface area is 131 Å². The molecule has 1 amide bonds. The monoisotopic (exact) mass is 353 g/mol. The maximum Gasteiger partial charge on any atom is 0.255 e. The smallest absolute Gasteiger partial charge is 0.255 e. The van der Waals surface area contributed by atoms with Crippen molar-refractivity contribution < 1.29 is 9.53 Å². The SMILES string of the molecule is COc1ccc(Br)c(NC(=O)c2cc(C)cc(Cl)c2)c1. The Bertz CT molecular complexity index is 638. The number of carbonyl (C=O) groups is 1. The summed E-state index contributed by atoms with van der Waals surface area (Å²) in [5.74, 6) is 0.454. The molecule has 20 heavy (non-hydrogen) atoms. The van der Waals surface area contributed by atoms with E-state index in [1.807, 2.05) is 19.1 Å². The number of carbonyl (C=O) groups excluding carboxylic acids is 1.